The molecule has 0 aliphatic carbocycles. The summed E-state index contributed by atoms with van der Waals surface area (Å²) in [5, 5.41) is 18.5. The first kappa shape index (κ1) is 25.9. The second-order valence-corrected chi connectivity index (χ2v) is 10.9. The number of hydrogen-bond donors (Lipinski definition) is 2. The predicted octanol–water partition coefficient (Wildman–Crippen LogP) is 1.92. The van der Waals surface area contributed by atoms with Crippen LogP contribution in [0.15, 0.2) is 52.1 Å². The zero-order chi connectivity index (χ0) is 24.6. The van der Waals surface area contributed by atoms with Crippen LogP contribution in [0.1, 0.15) is 15.4 Å². The predicted molar refractivity (Wildman–Crippen MR) is 128 cm³/mol. The van der Waals surface area contributed by atoms with Gasteiger partial charge in [0.1, 0.15) is 5.01 Å². The number of rotatable bonds is 12. The van der Waals surface area contributed by atoms with Gasteiger partial charge in [0.25, 0.3) is 5.91 Å². The fraction of sp³-hybridized carbons (Fsp3) is 0.300. The average Bonchev–Trinajstić information content (AvgIpc) is 3.49. The minimum absolute atomic E-state index is 0.0137. The second kappa shape index (κ2) is 12.1. The minimum Gasteiger partial charge on any atom is -0.395 e. The van der Waals surface area contributed by atoms with E-state index < -0.39 is 15.9 Å². The van der Waals surface area contributed by atoms with Gasteiger partial charge in [-0.3, -0.25) is 10.1 Å². The van der Waals surface area contributed by atoms with Gasteiger partial charge in [-0.1, -0.05) is 28.6 Å². The summed E-state index contributed by atoms with van der Waals surface area (Å²) >= 11 is 2.64. The number of thiazole rings is 2. The highest BCUT2D eigenvalue weighted by atomic mass is 32.2. The number of ether oxygens (including phenoxy) is 1. The molecule has 182 valence electrons. The highest BCUT2D eigenvalue weighted by Gasteiger charge is 2.22. The Kier molecular flexibility index (Phi) is 9.20. The van der Waals surface area contributed by atoms with Gasteiger partial charge in [-0.05, 0) is 12.1 Å². The number of carbonyl (C=O) groups is 1. The Balaban J connectivity index is 1.84. The number of hydrogen-bond acceptors (Lipinski definition) is 11. The Hall–Kier alpha value is -2.75. The third-order valence-electron chi connectivity index (χ3n) is 4.35. The number of nitrogens with zero attached hydrogens (tertiary/aromatic N) is 4. The van der Waals surface area contributed by atoms with Crippen molar-refractivity contribution in [1.82, 2.24) is 14.3 Å². The Bertz CT molecular complexity index is 1210. The zero-order valence-corrected chi connectivity index (χ0v) is 20.8. The number of carbonyl (C=O) groups excluding carboxylic acids is 1. The average molecular weight is 526 g/mol. The van der Waals surface area contributed by atoms with Crippen molar-refractivity contribution in [2.24, 2.45) is 5.16 Å². The van der Waals surface area contributed by atoms with Crippen LogP contribution in [-0.2, 0) is 37.6 Å². The molecule has 2 heterocycles. The lowest BCUT2D eigenvalue weighted by Crippen LogP contribution is -2.29. The van der Waals surface area contributed by atoms with Crippen LogP contribution in [0.4, 0.5) is 5.13 Å². The summed E-state index contributed by atoms with van der Waals surface area (Å²) in [7, 11) is -0.851. The molecule has 34 heavy (non-hydrogen) atoms. The van der Waals surface area contributed by atoms with Crippen LogP contribution in [0.3, 0.4) is 0 Å². The van der Waals surface area contributed by atoms with E-state index >= 15 is 0 Å². The van der Waals surface area contributed by atoms with Crippen molar-refractivity contribution in [2.75, 3.05) is 32.6 Å². The molecule has 0 atom stereocenters. The summed E-state index contributed by atoms with van der Waals surface area (Å²) in [5.74, 6) is -0.578. The number of aromatic nitrogens is 2. The molecule has 11 nitrogen and oxygen atoms in total. The topological polar surface area (TPSA) is 143 Å². The van der Waals surface area contributed by atoms with E-state index in [9.17, 15) is 13.2 Å². The van der Waals surface area contributed by atoms with E-state index in [-0.39, 0.29) is 30.4 Å². The van der Waals surface area contributed by atoms with Gasteiger partial charge in [0.05, 0.1) is 23.0 Å². The quantitative estimate of drug-likeness (QED) is 0.270. The highest BCUT2D eigenvalue weighted by Crippen LogP contribution is 2.20. The summed E-state index contributed by atoms with van der Waals surface area (Å²) in [5.41, 5.74) is 0.279. The molecule has 3 rings (SSSR count). The Morgan fingerprint density at radius 1 is 1.24 bits per heavy atom. The number of oxime groups is 1. The third-order valence-corrected chi connectivity index (χ3v) is 7.86. The highest BCUT2D eigenvalue weighted by molar-refractivity contribution is 7.89. The van der Waals surface area contributed by atoms with E-state index in [0.717, 1.165) is 9.18 Å². The Morgan fingerprint density at radius 3 is 2.65 bits per heavy atom. The standard InChI is InChI=1S/C20H23N5O6S3/c1-25(8-9-26)34(28,29)16-5-3-14(4-6-16)18(24-31-13-17-21-7-10-32-17)19(27)23-20-22-11-15(33-20)12-30-2/h3-7,10-11,26H,8-9,12-13H2,1-2H3,(H,22,23,27)/b24-18+. The number of aliphatic hydroxyl groups is 1. The Morgan fingerprint density at radius 2 is 2.00 bits per heavy atom. The lowest BCUT2D eigenvalue weighted by molar-refractivity contribution is -0.110. The van der Waals surface area contributed by atoms with Gasteiger partial charge in [0.15, 0.2) is 17.5 Å². The van der Waals surface area contributed by atoms with E-state index in [1.54, 1.807) is 24.9 Å². The van der Waals surface area contributed by atoms with E-state index in [0.29, 0.717) is 22.3 Å². The molecule has 1 aromatic carbocycles. The molecule has 0 unspecified atom stereocenters. The molecule has 0 aliphatic heterocycles. The van der Waals surface area contributed by atoms with E-state index in [4.69, 9.17) is 14.7 Å². The molecular weight excluding hydrogens is 502 g/mol. The molecule has 0 spiro atoms. The lowest BCUT2D eigenvalue weighted by Gasteiger charge is -2.16. The normalized spacial score (nSPS) is 12.2. The summed E-state index contributed by atoms with van der Waals surface area (Å²) < 4.78 is 31.3. The number of nitrogens with one attached hydrogen (secondary N) is 1. The van der Waals surface area contributed by atoms with Crippen molar-refractivity contribution in [1.29, 1.82) is 0 Å². The zero-order valence-electron chi connectivity index (χ0n) is 18.4. The Labute approximate surface area is 204 Å². The largest absolute Gasteiger partial charge is 0.395 e. The van der Waals surface area contributed by atoms with Crippen molar-refractivity contribution < 1.29 is 27.9 Å². The number of amides is 1. The summed E-state index contributed by atoms with van der Waals surface area (Å²) in [4.78, 5) is 27.4. The first-order valence-electron chi connectivity index (χ1n) is 9.86. The van der Waals surface area contributed by atoms with Gasteiger partial charge in [-0.2, -0.15) is 4.31 Å². The van der Waals surface area contributed by atoms with E-state index in [1.165, 1.54) is 54.0 Å². The molecule has 2 aromatic heterocycles. The number of methoxy groups -OCH3 is 1. The van der Waals surface area contributed by atoms with Gasteiger partial charge < -0.3 is 14.7 Å². The number of aliphatic hydroxyl groups excluding tert-OH is 1. The molecule has 0 radical (unpaired) electrons. The molecule has 0 aliphatic rings. The number of sulfonamides is 1. The monoisotopic (exact) mass is 525 g/mol. The first-order valence-corrected chi connectivity index (χ1v) is 13.0. The SMILES string of the molecule is COCc1cnc(NC(=O)/C(=N/OCc2nccs2)c2ccc(S(=O)(=O)N(C)CCO)cc2)s1. The third kappa shape index (κ3) is 6.65. The van der Waals surface area contributed by atoms with Crippen molar-refractivity contribution in [3.8, 4) is 0 Å². The van der Waals surface area contributed by atoms with Gasteiger partial charge in [-0.25, -0.2) is 18.4 Å². The van der Waals surface area contributed by atoms with Gasteiger partial charge in [-0.15, -0.1) is 11.3 Å². The molecule has 14 heteroatoms. The van der Waals surface area contributed by atoms with Crippen LogP contribution in [0.2, 0.25) is 0 Å². The number of benzene rings is 1. The maximum atomic E-state index is 13.0. The molecule has 2 N–H and O–H groups in total. The molecule has 3 aromatic rings. The first-order chi connectivity index (χ1) is 16.3. The van der Waals surface area contributed by atoms with E-state index in [1.807, 2.05) is 0 Å². The van der Waals surface area contributed by atoms with Crippen LogP contribution in [0.5, 0.6) is 0 Å². The molecule has 0 fully saturated rings. The molecular formula is C20H23N5O6S3. The van der Waals surface area contributed by atoms with E-state index in [2.05, 4.69) is 20.4 Å². The summed E-state index contributed by atoms with van der Waals surface area (Å²) in [6.45, 7) is 0.0981. The van der Waals surface area contributed by atoms with Crippen LogP contribution in [0.25, 0.3) is 0 Å². The van der Waals surface area contributed by atoms with Crippen molar-refractivity contribution >= 4 is 49.4 Å². The van der Waals surface area contributed by atoms with Gasteiger partial charge in [0.2, 0.25) is 10.0 Å². The van der Waals surface area contributed by atoms with Gasteiger partial charge >= 0.3 is 0 Å². The van der Waals surface area contributed by atoms with Crippen LogP contribution in [-0.4, -0.2) is 66.7 Å². The summed E-state index contributed by atoms with van der Waals surface area (Å²) in [6, 6.07) is 5.65. The van der Waals surface area contributed by atoms with Crippen LogP contribution < -0.4 is 5.32 Å². The van der Waals surface area contributed by atoms with Crippen molar-refractivity contribution in [3.63, 3.8) is 0 Å². The number of likely N-dealkylation sites (N-methyl/N-ethyl adjacent to an activating group) is 1. The maximum absolute atomic E-state index is 13.0. The lowest BCUT2D eigenvalue weighted by atomic mass is 10.1. The van der Waals surface area contributed by atoms with Crippen molar-refractivity contribution in [2.45, 2.75) is 18.1 Å². The summed E-state index contributed by atoms with van der Waals surface area (Å²) in [6.07, 6.45) is 3.23. The minimum atomic E-state index is -3.79. The van der Waals surface area contributed by atoms with Crippen LogP contribution in [0, 0.1) is 0 Å². The smallest absolute Gasteiger partial charge is 0.280 e. The van der Waals surface area contributed by atoms with Gasteiger partial charge in [0, 0.05) is 44.0 Å². The van der Waals surface area contributed by atoms with Crippen LogP contribution >= 0.6 is 22.7 Å². The fourth-order valence-electron chi connectivity index (χ4n) is 2.66. The maximum Gasteiger partial charge on any atom is 0.280 e. The molecule has 0 saturated carbocycles. The molecule has 0 saturated heterocycles. The number of anilines is 1. The van der Waals surface area contributed by atoms with Crippen molar-refractivity contribution in [3.05, 3.63) is 57.5 Å². The second-order valence-electron chi connectivity index (χ2n) is 6.73. The molecule has 1 amide bonds. The fourth-order valence-corrected chi connectivity index (χ4v) is 5.12. The molecule has 0 bridgehead atoms.